The first kappa shape index (κ1) is 15.6. The lowest BCUT2D eigenvalue weighted by molar-refractivity contribution is -0.136. The van der Waals surface area contributed by atoms with Crippen LogP contribution < -0.4 is 5.73 Å². The molecule has 0 bridgehead atoms. The molecule has 1 aliphatic rings. The smallest absolute Gasteiger partial charge is 0.338 e. The Morgan fingerprint density at radius 1 is 1.25 bits per heavy atom. The van der Waals surface area contributed by atoms with Crippen LogP contribution in [0, 0.1) is 11.3 Å². The predicted octanol–water partition coefficient (Wildman–Crippen LogP) is 3.09. The molecule has 1 heterocycles. The van der Waals surface area contributed by atoms with E-state index in [2.05, 4.69) is 6.07 Å². The number of carbonyl (C=O) groups excluding carboxylic acids is 1. The van der Waals surface area contributed by atoms with Gasteiger partial charge >= 0.3 is 5.97 Å². The molecular formula is C19H16N2O3. The van der Waals surface area contributed by atoms with E-state index in [9.17, 15) is 10.1 Å². The van der Waals surface area contributed by atoms with Crippen molar-refractivity contribution >= 4 is 16.7 Å². The molecule has 2 N–H and O–H groups in total. The van der Waals surface area contributed by atoms with Crippen LogP contribution in [0.4, 0.5) is 0 Å². The summed E-state index contributed by atoms with van der Waals surface area (Å²) in [4.78, 5) is 12.3. The van der Waals surface area contributed by atoms with Crippen LogP contribution >= 0.6 is 0 Å². The third-order valence-corrected chi connectivity index (χ3v) is 4.15. The van der Waals surface area contributed by atoms with Crippen molar-refractivity contribution in [2.45, 2.75) is 12.8 Å². The topological polar surface area (TPSA) is 85.3 Å². The van der Waals surface area contributed by atoms with Crippen LogP contribution in [0.25, 0.3) is 10.8 Å². The third-order valence-electron chi connectivity index (χ3n) is 4.15. The predicted molar refractivity (Wildman–Crippen MR) is 89.3 cm³/mol. The standard InChI is InChI=1S/C19H16N2O3/c1-11-16(19(22)23-2)17(15(10-20)18(21)24-11)14-9-5-7-12-6-3-4-8-13(12)14/h3-9,17H,21H2,1-2H3/t17-/m1/s1. The molecule has 2 aromatic rings. The summed E-state index contributed by atoms with van der Waals surface area (Å²) < 4.78 is 10.3. The zero-order valence-electron chi connectivity index (χ0n) is 13.4. The van der Waals surface area contributed by atoms with Gasteiger partial charge in [-0.25, -0.2) is 4.79 Å². The highest BCUT2D eigenvalue weighted by molar-refractivity contribution is 5.95. The van der Waals surface area contributed by atoms with Crippen molar-refractivity contribution in [3.05, 3.63) is 70.8 Å². The van der Waals surface area contributed by atoms with E-state index in [4.69, 9.17) is 15.2 Å². The van der Waals surface area contributed by atoms with Gasteiger partial charge in [0.25, 0.3) is 0 Å². The molecule has 1 atom stereocenters. The second-order valence-corrected chi connectivity index (χ2v) is 5.45. The molecule has 5 nitrogen and oxygen atoms in total. The van der Waals surface area contributed by atoms with E-state index in [0.29, 0.717) is 11.3 Å². The maximum Gasteiger partial charge on any atom is 0.338 e. The maximum absolute atomic E-state index is 12.3. The van der Waals surface area contributed by atoms with Crippen molar-refractivity contribution in [1.29, 1.82) is 5.26 Å². The summed E-state index contributed by atoms with van der Waals surface area (Å²) in [6.45, 7) is 1.64. The minimum atomic E-state index is -0.623. The summed E-state index contributed by atoms with van der Waals surface area (Å²) in [6, 6.07) is 15.6. The second-order valence-electron chi connectivity index (χ2n) is 5.45. The van der Waals surface area contributed by atoms with Crippen LogP contribution in [-0.4, -0.2) is 13.1 Å². The second kappa shape index (κ2) is 6.09. The summed E-state index contributed by atoms with van der Waals surface area (Å²) in [7, 11) is 1.30. The van der Waals surface area contributed by atoms with Crippen molar-refractivity contribution in [3.8, 4) is 6.07 Å². The van der Waals surface area contributed by atoms with Crippen LogP contribution in [0.3, 0.4) is 0 Å². The SMILES string of the molecule is COC(=O)C1=C(C)OC(N)=C(C#N)[C@H]1c1cccc2ccccc12. The molecule has 0 unspecified atom stereocenters. The Balaban J connectivity index is 2.32. The van der Waals surface area contributed by atoms with Crippen LogP contribution in [-0.2, 0) is 14.3 Å². The molecule has 0 aromatic heterocycles. The molecular weight excluding hydrogens is 304 g/mol. The van der Waals surface area contributed by atoms with E-state index in [-0.39, 0.29) is 11.5 Å². The van der Waals surface area contributed by atoms with E-state index in [1.54, 1.807) is 6.92 Å². The molecule has 5 heteroatoms. The highest BCUT2D eigenvalue weighted by Crippen LogP contribution is 2.41. The van der Waals surface area contributed by atoms with Crippen LogP contribution in [0.5, 0.6) is 0 Å². The van der Waals surface area contributed by atoms with Crippen LogP contribution in [0.1, 0.15) is 18.4 Å². The molecule has 120 valence electrons. The Kier molecular flexibility index (Phi) is 3.97. The average molecular weight is 320 g/mol. The first-order valence-electron chi connectivity index (χ1n) is 7.42. The largest absolute Gasteiger partial charge is 0.466 e. The summed E-state index contributed by atoms with van der Waals surface area (Å²) in [5, 5.41) is 11.5. The fourth-order valence-electron chi connectivity index (χ4n) is 3.07. The number of allylic oxidation sites excluding steroid dienone is 2. The Bertz CT molecular complexity index is 930. The Morgan fingerprint density at radius 2 is 1.96 bits per heavy atom. The molecule has 0 spiro atoms. The lowest BCUT2D eigenvalue weighted by atomic mass is 9.81. The van der Waals surface area contributed by atoms with Gasteiger partial charge in [0.05, 0.1) is 18.6 Å². The molecule has 3 rings (SSSR count). The van der Waals surface area contributed by atoms with E-state index in [1.807, 2.05) is 42.5 Å². The minimum Gasteiger partial charge on any atom is -0.466 e. The normalized spacial score (nSPS) is 17.5. The Hall–Kier alpha value is -3.26. The van der Waals surface area contributed by atoms with Crippen molar-refractivity contribution < 1.29 is 14.3 Å². The lowest BCUT2D eigenvalue weighted by Crippen LogP contribution is -2.25. The van der Waals surface area contributed by atoms with Gasteiger partial charge in [0.1, 0.15) is 17.4 Å². The number of methoxy groups -OCH3 is 1. The fourth-order valence-corrected chi connectivity index (χ4v) is 3.07. The van der Waals surface area contributed by atoms with Gasteiger partial charge in [0.2, 0.25) is 5.88 Å². The van der Waals surface area contributed by atoms with E-state index >= 15 is 0 Å². The molecule has 2 aromatic carbocycles. The molecule has 0 saturated heterocycles. The van der Waals surface area contributed by atoms with Gasteiger partial charge in [-0.15, -0.1) is 0 Å². The van der Waals surface area contributed by atoms with Gasteiger partial charge in [0, 0.05) is 0 Å². The number of hydrogen-bond donors (Lipinski definition) is 1. The van der Waals surface area contributed by atoms with Crippen molar-refractivity contribution in [2.24, 2.45) is 5.73 Å². The molecule has 1 aliphatic heterocycles. The zero-order chi connectivity index (χ0) is 17.3. The average Bonchev–Trinajstić information content (AvgIpc) is 2.60. The van der Waals surface area contributed by atoms with E-state index in [1.165, 1.54) is 7.11 Å². The lowest BCUT2D eigenvalue weighted by Gasteiger charge is -2.27. The molecule has 0 aliphatic carbocycles. The number of ether oxygens (including phenoxy) is 2. The summed E-state index contributed by atoms with van der Waals surface area (Å²) >= 11 is 0. The number of carbonyl (C=O) groups is 1. The van der Waals surface area contributed by atoms with Crippen molar-refractivity contribution in [2.75, 3.05) is 7.11 Å². The van der Waals surface area contributed by atoms with Crippen molar-refractivity contribution in [1.82, 2.24) is 0 Å². The highest BCUT2D eigenvalue weighted by Gasteiger charge is 2.36. The maximum atomic E-state index is 12.3. The Labute approximate surface area is 139 Å². The summed E-state index contributed by atoms with van der Waals surface area (Å²) in [6.07, 6.45) is 0. The zero-order valence-corrected chi connectivity index (χ0v) is 13.4. The number of rotatable bonds is 2. The van der Waals surface area contributed by atoms with Gasteiger partial charge in [-0.3, -0.25) is 0 Å². The number of nitrogens with two attached hydrogens (primary N) is 1. The van der Waals surface area contributed by atoms with Crippen LogP contribution in [0.15, 0.2) is 65.3 Å². The third kappa shape index (κ3) is 2.38. The summed E-state index contributed by atoms with van der Waals surface area (Å²) in [5.41, 5.74) is 7.22. The summed E-state index contributed by atoms with van der Waals surface area (Å²) in [5.74, 6) is -0.801. The minimum absolute atomic E-state index is 0.0144. The number of fused-ring (bicyclic) bond motifs is 1. The Morgan fingerprint density at radius 3 is 2.67 bits per heavy atom. The van der Waals surface area contributed by atoms with Gasteiger partial charge in [-0.05, 0) is 23.3 Å². The first-order chi connectivity index (χ1) is 11.6. The van der Waals surface area contributed by atoms with E-state index < -0.39 is 11.9 Å². The first-order valence-corrected chi connectivity index (χ1v) is 7.42. The number of benzene rings is 2. The number of hydrogen-bond acceptors (Lipinski definition) is 5. The highest BCUT2D eigenvalue weighted by atomic mass is 16.5. The van der Waals surface area contributed by atoms with E-state index in [0.717, 1.165) is 16.3 Å². The molecule has 24 heavy (non-hydrogen) atoms. The number of nitrogens with zero attached hydrogens (tertiary/aromatic N) is 1. The van der Waals surface area contributed by atoms with Gasteiger partial charge in [-0.2, -0.15) is 5.26 Å². The monoisotopic (exact) mass is 320 g/mol. The van der Waals surface area contributed by atoms with Gasteiger partial charge < -0.3 is 15.2 Å². The van der Waals surface area contributed by atoms with Gasteiger partial charge in [0.15, 0.2) is 0 Å². The molecule has 0 saturated carbocycles. The van der Waals surface area contributed by atoms with Gasteiger partial charge in [-0.1, -0.05) is 42.5 Å². The van der Waals surface area contributed by atoms with Crippen LogP contribution in [0.2, 0.25) is 0 Å². The number of nitriles is 1. The molecule has 0 fully saturated rings. The van der Waals surface area contributed by atoms with Crippen molar-refractivity contribution in [3.63, 3.8) is 0 Å². The number of esters is 1. The fraction of sp³-hybridized carbons (Fsp3) is 0.158. The quantitative estimate of drug-likeness (QED) is 0.859. The molecule has 0 radical (unpaired) electrons. The molecule has 0 amide bonds.